The fourth-order valence-corrected chi connectivity index (χ4v) is 2.55. The molecule has 1 amide bonds. The van der Waals surface area contributed by atoms with Gasteiger partial charge < -0.3 is 14.7 Å². The molecule has 1 aromatic rings. The minimum atomic E-state index is -0.829. The quantitative estimate of drug-likeness (QED) is 0.903. The molecule has 2 rings (SSSR count). The van der Waals surface area contributed by atoms with Gasteiger partial charge in [0.2, 0.25) is 0 Å². The maximum atomic E-state index is 12.5. The van der Waals surface area contributed by atoms with Gasteiger partial charge in [-0.1, -0.05) is 25.1 Å². The first-order chi connectivity index (χ1) is 10.1. The number of hydrogen-bond donors (Lipinski definition) is 1. The second-order valence-corrected chi connectivity index (χ2v) is 5.29. The molecule has 0 unspecified atom stereocenters. The Morgan fingerprint density at radius 2 is 2.10 bits per heavy atom. The molecule has 1 heterocycles. The minimum Gasteiger partial charge on any atom is -0.481 e. The largest absolute Gasteiger partial charge is 0.481 e. The van der Waals surface area contributed by atoms with Crippen LogP contribution in [0, 0.1) is 5.92 Å². The molecule has 114 valence electrons. The van der Waals surface area contributed by atoms with Crippen LogP contribution in [0.25, 0.3) is 0 Å². The summed E-state index contributed by atoms with van der Waals surface area (Å²) in [4.78, 5) is 25.2. The molecule has 0 bridgehead atoms. The van der Waals surface area contributed by atoms with Crippen LogP contribution >= 0.6 is 0 Å². The van der Waals surface area contributed by atoms with E-state index in [-0.39, 0.29) is 12.5 Å². The number of carboxylic acids is 1. The summed E-state index contributed by atoms with van der Waals surface area (Å²) in [6.45, 7) is 2.78. The molecule has 0 aliphatic carbocycles. The highest BCUT2D eigenvalue weighted by Gasteiger charge is 2.31. The Morgan fingerprint density at radius 1 is 1.38 bits per heavy atom. The number of carboxylic acid groups (broad SMARTS) is 1. The van der Waals surface area contributed by atoms with Crippen molar-refractivity contribution < 1.29 is 19.4 Å². The highest BCUT2D eigenvalue weighted by Crippen LogP contribution is 2.20. The summed E-state index contributed by atoms with van der Waals surface area (Å²) in [6.07, 6.45) is 1.36. The smallest absolute Gasteiger partial charge is 0.308 e. The summed E-state index contributed by atoms with van der Waals surface area (Å²) in [5, 5.41) is 9.10. The van der Waals surface area contributed by atoms with Crippen LogP contribution in [0.2, 0.25) is 0 Å². The predicted molar refractivity (Wildman–Crippen MR) is 78.1 cm³/mol. The first kappa shape index (κ1) is 15.4. The van der Waals surface area contributed by atoms with E-state index in [0.717, 1.165) is 6.42 Å². The van der Waals surface area contributed by atoms with Gasteiger partial charge in [-0.3, -0.25) is 9.59 Å². The minimum absolute atomic E-state index is 0.118. The van der Waals surface area contributed by atoms with Crippen molar-refractivity contribution in [2.75, 3.05) is 13.1 Å². The van der Waals surface area contributed by atoms with Crippen LogP contribution in [-0.2, 0) is 9.59 Å². The maximum Gasteiger partial charge on any atom is 0.308 e. The van der Waals surface area contributed by atoms with Gasteiger partial charge in [0.25, 0.3) is 5.91 Å². The number of nitrogens with zero attached hydrogens (tertiary/aromatic N) is 1. The summed E-state index contributed by atoms with van der Waals surface area (Å²) in [6, 6.07) is 9.22. The molecular formula is C16H21NO4. The zero-order valence-electron chi connectivity index (χ0n) is 12.2. The van der Waals surface area contributed by atoms with E-state index in [4.69, 9.17) is 9.84 Å². The summed E-state index contributed by atoms with van der Waals surface area (Å²) >= 11 is 0. The maximum absolute atomic E-state index is 12.5. The number of aliphatic carboxylic acids is 1. The Hall–Kier alpha value is -2.04. The molecule has 0 aromatic heterocycles. The Bertz CT molecular complexity index is 488. The molecule has 21 heavy (non-hydrogen) atoms. The van der Waals surface area contributed by atoms with Crippen molar-refractivity contribution in [2.24, 2.45) is 5.92 Å². The van der Waals surface area contributed by atoms with Gasteiger partial charge in [-0.25, -0.2) is 0 Å². The fourth-order valence-electron chi connectivity index (χ4n) is 2.55. The lowest BCUT2D eigenvalue weighted by Crippen LogP contribution is -2.48. The Morgan fingerprint density at radius 3 is 2.71 bits per heavy atom. The molecule has 0 saturated carbocycles. The lowest BCUT2D eigenvalue weighted by atomic mass is 9.97. The van der Waals surface area contributed by atoms with E-state index in [1.165, 1.54) is 0 Å². The normalized spacial score (nSPS) is 19.9. The molecule has 0 radical (unpaired) electrons. The molecule has 5 heteroatoms. The monoisotopic (exact) mass is 291 g/mol. The Labute approximate surface area is 124 Å². The molecule has 1 fully saturated rings. The lowest BCUT2D eigenvalue weighted by molar-refractivity contribution is -0.148. The van der Waals surface area contributed by atoms with Crippen LogP contribution in [0.3, 0.4) is 0 Å². The van der Waals surface area contributed by atoms with Crippen molar-refractivity contribution in [3.05, 3.63) is 30.3 Å². The van der Waals surface area contributed by atoms with Crippen molar-refractivity contribution in [3.63, 3.8) is 0 Å². The Kier molecular flexibility index (Phi) is 5.20. The lowest BCUT2D eigenvalue weighted by Gasteiger charge is -2.33. The SMILES string of the molecule is CC[C@H](Oc1ccccc1)C(=O)N1CCC[C@@H](C(=O)O)C1. The summed E-state index contributed by atoms with van der Waals surface area (Å²) in [7, 11) is 0. The number of rotatable bonds is 5. The van der Waals surface area contributed by atoms with Crippen LogP contribution in [0.4, 0.5) is 0 Å². The highest BCUT2D eigenvalue weighted by molar-refractivity contribution is 5.82. The van der Waals surface area contributed by atoms with E-state index in [1.54, 1.807) is 4.90 Å². The topological polar surface area (TPSA) is 66.8 Å². The number of carbonyl (C=O) groups excluding carboxylic acids is 1. The number of benzene rings is 1. The number of carbonyl (C=O) groups is 2. The molecule has 5 nitrogen and oxygen atoms in total. The van der Waals surface area contributed by atoms with Crippen LogP contribution in [-0.4, -0.2) is 41.1 Å². The molecular weight excluding hydrogens is 270 g/mol. The number of piperidine rings is 1. The number of amides is 1. The molecule has 1 aliphatic heterocycles. The van der Waals surface area contributed by atoms with Crippen molar-refractivity contribution in [1.82, 2.24) is 4.90 Å². The number of ether oxygens (including phenoxy) is 1. The third-order valence-electron chi connectivity index (χ3n) is 3.75. The van der Waals surface area contributed by atoms with Gasteiger partial charge >= 0.3 is 5.97 Å². The van der Waals surface area contributed by atoms with E-state index < -0.39 is 18.0 Å². The van der Waals surface area contributed by atoms with Gasteiger partial charge in [0, 0.05) is 13.1 Å². The predicted octanol–water partition coefficient (Wildman–Crippen LogP) is 2.17. The van der Waals surface area contributed by atoms with Crippen LogP contribution in [0.15, 0.2) is 30.3 Å². The third-order valence-corrected chi connectivity index (χ3v) is 3.75. The second-order valence-electron chi connectivity index (χ2n) is 5.29. The van der Waals surface area contributed by atoms with E-state index in [9.17, 15) is 9.59 Å². The van der Waals surface area contributed by atoms with Gasteiger partial charge in [-0.05, 0) is 31.4 Å². The highest BCUT2D eigenvalue weighted by atomic mass is 16.5. The van der Waals surface area contributed by atoms with Crippen LogP contribution in [0.1, 0.15) is 26.2 Å². The molecule has 1 aromatic carbocycles. The second kappa shape index (κ2) is 7.11. The number of likely N-dealkylation sites (tertiary alicyclic amines) is 1. The van der Waals surface area contributed by atoms with E-state index in [0.29, 0.717) is 25.1 Å². The van der Waals surface area contributed by atoms with E-state index >= 15 is 0 Å². The molecule has 1 saturated heterocycles. The zero-order chi connectivity index (χ0) is 15.2. The van der Waals surface area contributed by atoms with Gasteiger partial charge in [0.1, 0.15) is 5.75 Å². The molecule has 2 atom stereocenters. The average molecular weight is 291 g/mol. The van der Waals surface area contributed by atoms with Crippen LogP contribution in [0.5, 0.6) is 5.75 Å². The van der Waals surface area contributed by atoms with Crippen molar-refractivity contribution in [1.29, 1.82) is 0 Å². The van der Waals surface area contributed by atoms with Crippen molar-refractivity contribution in [3.8, 4) is 5.75 Å². The molecule has 1 aliphatic rings. The fraction of sp³-hybridized carbons (Fsp3) is 0.500. The average Bonchev–Trinajstić information content (AvgIpc) is 2.53. The summed E-state index contributed by atoms with van der Waals surface area (Å²) in [5.74, 6) is -0.752. The Balaban J connectivity index is 2.00. The summed E-state index contributed by atoms with van der Waals surface area (Å²) < 4.78 is 5.74. The number of para-hydroxylation sites is 1. The van der Waals surface area contributed by atoms with Crippen molar-refractivity contribution in [2.45, 2.75) is 32.3 Å². The van der Waals surface area contributed by atoms with Crippen molar-refractivity contribution >= 4 is 11.9 Å². The van der Waals surface area contributed by atoms with Gasteiger partial charge in [-0.2, -0.15) is 0 Å². The first-order valence-corrected chi connectivity index (χ1v) is 7.35. The zero-order valence-corrected chi connectivity index (χ0v) is 12.2. The van der Waals surface area contributed by atoms with Gasteiger partial charge in [0.15, 0.2) is 6.10 Å². The standard InChI is InChI=1S/C16H21NO4/c1-2-14(21-13-8-4-3-5-9-13)15(18)17-10-6-7-12(11-17)16(19)20/h3-5,8-9,12,14H,2,6-7,10-11H2,1H3,(H,19,20)/t12-,14+/m1/s1. The van der Waals surface area contributed by atoms with Gasteiger partial charge in [0.05, 0.1) is 5.92 Å². The number of hydrogen-bond acceptors (Lipinski definition) is 3. The van der Waals surface area contributed by atoms with Gasteiger partial charge in [-0.15, -0.1) is 0 Å². The van der Waals surface area contributed by atoms with E-state index in [1.807, 2.05) is 37.3 Å². The van der Waals surface area contributed by atoms with E-state index in [2.05, 4.69) is 0 Å². The first-order valence-electron chi connectivity index (χ1n) is 7.35. The molecule has 0 spiro atoms. The van der Waals surface area contributed by atoms with Crippen LogP contribution < -0.4 is 4.74 Å². The summed E-state index contributed by atoms with van der Waals surface area (Å²) in [5.41, 5.74) is 0. The molecule has 1 N–H and O–H groups in total. The third kappa shape index (κ3) is 3.97.